The minimum Gasteiger partial charge on any atom is -0.487 e. The van der Waals surface area contributed by atoms with E-state index in [0.717, 1.165) is 10.7 Å². The predicted octanol–water partition coefficient (Wildman–Crippen LogP) is 4.94. The first-order valence-electron chi connectivity index (χ1n) is 10.1. The van der Waals surface area contributed by atoms with Crippen LogP contribution in [0.1, 0.15) is 31.4 Å². The first kappa shape index (κ1) is 22.6. The number of aromatic nitrogens is 1. The van der Waals surface area contributed by atoms with Gasteiger partial charge >= 0.3 is 0 Å². The average molecular weight is 490 g/mol. The van der Waals surface area contributed by atoms with Gasteiger partial charge in [-0.25, -0.2) is 4.98 Å². The number of rotatable bonds is 5. The lowest BCUT2D eigenvalue weighted by molar-refractivity contribution is 0.0535. The largest absolute Gasteiger partial charge is 0.487 e. The van der Waals surface area contributed by atoms with Crippen LogP contribution in [0.2, 0.25) is 10.0 Å². The highest BCUT2D eigenvalue weighted by atomic mass is 35.5. The molecular formula is C23H21Cl2N3O3S. The number of halogens is 2. The van der Waals surface area contributed by atoms with Gasteiger partial charge in [-0.15, -0.1) is 11.3 Å². The molecule has 2 amide bonds. The standard InChI is InChI=1S/C23H21Cl2N3O3S/c1-15-26-20(14-32-15)13-31-21-4-2-3-16(11-21)22(29)27-5-7-28(8-6-27)23(30)17-9-18(24)12-19(25)10-17/h2-4,9-12,14H,5-8,13H2,1H3. The summed E-state index contributed by atoms with van der Waals surface area (Å²) in [4.78, 5) is 33.6. The van der Waals surface area contributed by atoms with Gasteiger partial charge in [-0.05, 0) is 43.3 Å². The van der Waals surface area contributed by atoms with Gasteiger partial charge in [-0.1, -0.05) is 29.3 Å². The third kappa shape index (κ3) is 5.41. The third-order valence-electron chi connectivity index (χ3n) is 5.10. The lowest BCUT2D eigenvalue weighted by Gasteiger charge is -2.35. The molecule has 6 nitrogen and oxygen atoms in total. The van der Waals surface area contributed by atoms with Gasteiger partial charge < -0.3 is 14.5 Å². The van der Waals surface area contributed by atoms with E-state index in [1.807, 2.05) is 18.4 Å². The quantitative estimate of drug-likeness (QED) is 0.509. The van der Waals surface area contributed by atoms with Gasteiger partial charge in [0.2, 0.25) is 0 Å². The molecule has 32 heavy (non-hydrogen) atoms. The summed E-state index contributed by atoms with van der Waals surface area (Å²) in [6.45, 7) is 4.08. The van der Waals surface area contributed by atoms with Crippen molar-refractivity contribution in [3.63, 3.8) is 0 Å². The number of thiazole rings is 1. The summed E-state index contributed by atoms with van der Waals surface area (Å²) in [7, 11) is 0. The minimum absolute atomic E-state index is 0.0853. The van der Waals surface area contributed by atoms with Crippen LogP contribution >= 0.6 is 34.5 Å². The van der Waals surface area contributed by atoms with Crippen molar-refractivity contribution in [2.45, 2.75) is 13.5 Å². The maximum atomic E-state index is 13.0. The topological polar surface area (TPSA) is 62.7 Å². The SMILES string of the molecule is Cc1nc(COc2cccc(C(=O)N3CCN(C(=O)c4cc(Cl)cc(Cl)c4)CC3)c2)cs1. The zero-order valence-corrected chi connectivity index (χ0v) is 19.7. The number of amides is 2. The molecule has 0 bridgehead atoms. The smallest absolute Gasteiger partial charge is 0.254 e. The second kappa shape index (κ2) is 9.90. The summed E-state index contributed by atoms with van der Waals surface area (Å²) in [5.41, 5.74) is 1.87. The fourth-order valence-corrected chi connectivity index (χ4v) is 4.63. The Labute approximate surface area is 200 Å². The molecule has 3 aromatic rings. The molecule has 2 aromatic carbocycles. The molecule has 1 aliphatic heterocycles. The Balaban J connectivity index is 1.35. The van der Waals surface area contributed by atoms with Crippen LogP contribution in [-0.2, 0) is 6.61 Å². The molecule has 2 heterocycles. The summed E-state index contributed by atoms with van der Waals surface area (Å²) < 4.78 is 5.80. The molecular weight excluding hydrogens is 469 g/mol. The predicted molar refractivity (Wildman–Crippen MR) is 126 cm³/mol. The second-order valence-corrected chi connectivity index (χ2v) is 9.35. The van der Waals surface area contributed by atoms with Crippen LogP contribution in [0.25, 0.3) is 0 Å². The van der Waals surface area contributed by atoms with Crippen LogP contribution in [-0.4, -0.2) is 52.8 Å². The van der Waals surface area contributed by atoms with Gasteiger partial charge in [0.05, 0.1) is 10.7 Å². The second-order valence-electron chi connectivity index (χ2n) is 7.42. The number of benzene rings is 2. The summed E-state index contributed by atoms with van der Waals surface area (Å²) in [5, 5.41) is 3.79. The molecule has 1 saturated heterocycles. The summed E-state index contributed by atoms with van der Waals surface area (Å²) >= 11 is 13.6. The Morgan fingerprint density at radius 1 is 0.969 bits per heavy atom. The Morgan fingerprint density at radius 3 is 2.19 bits per heavy atom. The molecule has 0 aliphatic carbocycles. The number of hydrogen-bond acceptors (Lipinski definition) is 5. The van der Waals surface area contributed by atoms with Gasteiger partial charge in [0.25, 0.3) is 11.8 Å². The lowest BCUT2D eigenvalue weighted by Crippen LogP contribution is -2.50. The van der Waals surface area contributed by atoms with E-state index >= 15 is 0 Å². The van der Waals surface area contributed by atoms with Crippen LogP contribution in [0.15, 0.2) is 47.8 Å². The van der Waals surface area contributed by atoms with E-state index in [-0.39, 0.29) is 11.8 Å². The zero-order chi connectivity index (χ0) is 22.7. The molecule has 0 radical (unpaired) electrons. The van der Waals surface area contributed by atoms with E-state index in [4.69, 9.17) is 27.9 Å². The Morgan fingerprint density at radius 2 is 1.59 bits per heavy atom. The molecule has 1 fully saturated rings. The van der Waals surface area contributed by atoms with E-state index in [1.165, 1.54) is 0 Å². The molecule has 0 atom stereocenters. The van der Waals surface area contributed by atoms with Gasteiger partial charge in [0.15, 0.2) is 0 Å². The van der Waals surface area contributed by atoms with Crippen molar-refractivity contribution in [3.8, 4) is 5.75 Å². The molecule has 1 aromatic heterocycles. The van der Waals surface area contributed by atoms with Gasteiger partial charge in [0.1, 0.15) is 12.4 Å². The highest BCUT2D eigenvalue weighted by Crippen LogP contribution is 2.22. The summed E-state index contributed by atoms with van der Waals surface area (Å²) in [5.74, 6) is 0.389. The zero-order valence-electron chi connectivity index (χ0n) is 17.4. The van der Waals surface area contributed by atoms with Crippen molar-refractivity contribution in [1.29, 1.82) is 0 Å². The average Bonchev–Trinajstić information content (AvgIpc) is 3.21. The molecule has 9 heteroatoms. The highest BCUT2D eigenvalue weighted by molar-refractivity contribution is 7.09. The number of nitrogens with zero attached hydrogens (tertiary/aromatic N) is 3. The Kier molecular flexibility index (Phi) is 6.98. The van der Waals surface area contributed by atoms with Crippen LogP contribution in [0, 0.1) is 6.92 Å². The lowest BCUT2D eigenvalue weighted by atomic mass is 10.1. The third-order valence-corrected chi connectivity index (χ3v) is 6.36. The van der Waals surface area contributed by atoms with E-state index in [1.54, 1.807) is 57.5 Å². The van der Waals surface area contributed by atoms with Crippen molar-refractivity contribution in [2.75, 3.05) is 26.2 Å². The van der Waals surface area contributed by atoms with E-state index < -0.39 is 0 Å². The molecule has 0 saturated carbocycles. The molecule has 0 unspecified atom stereocenters. The van der Waals surface area contributed by atoms with Crippen molar-refractivity contribution < 1.29 is 14.3 Å². The highest BCUT2D eigenvalue weighted by Gasteiger charge is 2.26. The van der Waals surface area contributed by atoms with E-state index in [2.05, 4.69) is 4.98 Å². The van der Waals surface area contributed by atoms with Gasteiger partial charge in [-0.3, -0.25) is 9.59 Å². The Hall–Kier alpha value is -2.61. The fraction of sp³-hybridized carbons (Fsp3) is 0.261. The number of ether oxygens (including phenoxy) is 1. The number of hydrogen-bond donors (Lipinski definition) is 0. The maximum Gasteiger partial charge on any atom is 0.254 e. The molecule has 0 spiro atoms. The van der Waals surface area contributed by atoms with Crippen molar-refractivity contribution in [3.05, 3.63) is 79.7 Å². The van der Waals surface area contributed by atoms with Crippen molar-refractivity contribution in [2.24, 2.45) is 0 Å². The van der Waals surface area contributed by atoms with Gasteiger partial charge in [0, 0.05) is 52.7 Å². The van der Waals surface area contributed by atoms with Crippen molar-refractivity contribution >= 4 is 46.4 Å². The number of piperazine rings is 1. The first-order chi connectivity index (χ1) is 15.4. The van der Waals surface area contributed by atoms with Crippen molar-refractivity contribution in [1.82, 2.24) is 14.8 Å². The Bertz CT molecular complexity index is 1120. The monoisotopic (exact) mass is 489 g/mol. The van der Waals surface area contributed by atoms with E-state index in [0.29, 0.717) is 59.7 Å². The molecule has 1 aliphatic rings. The van der Waals surface area contributed by atoms with Crippen LogP contribution in [0.3, 0.4) is 0 Å². The fourth-order valence-electron chi connectivity index (χ4n) is 3.51. The minimum atomic E-state index is -0.144. The number of aryl methyl sites for hydroxylation is 1. The normalized spacial score (nSPS) is 13.8. The molecule has 0 N–H and O–H groups in total. The summed E-state index contributed by atoms with van der Waals surface area (Å²) in [6.07, 6.45) is 0. The molecule has 4 rings (SSSR count). The molecule has 166 valence electrons. The van der Waals surface area contributed by atoms with Crippen LogP contribution in [0.4, 0.5) is 0 Å². The van der Waals surface area contributed by atoms with Crippen LogP contribution < -0.4 is 4.74 Å². The summed E-state index contributed by atoms with van der Waals surface area (Å²) in [6, 6.07) is 11.9. The van der Waals surface area contributed by atoms with E-state index in [9.17, 15) is 9.59 Å². The first-order valence-corrected chi connectivity index (χ1v) is 11.7. The maximum absolute atomic E-state index is 13.0. The number of carbonyl (C=O) groups excluding carboxylic acids is 2. The number of carbonyl (C=O) groups is 2. The van der Waals surface area contributed by atoms with Gasteiger partial charge in [-0.2, -0.15) is 0 Å². The van der Waals surface area contributed by atoms with Crippen LogP contribution in [0.5, 0.6) is 5.75 Å².